The largest absolute Gasteiger partial charge is 0.347 e. The first-order valence-corrected chi connectivity index (χ1v) is 7.62. The molecule has 2 aromatic rings. The molecule has 0 aliphatic rings. The quantitative estimate of drug-likeness (QED) is 0.855. The summed E-state index contributed by atoms with van der Waals surface area (Å²) < 4.78 is 0. The number of hydrogen-bond acceptors (Lipinski definition) is 3. The summed E-state index contributed by atoms with van der Waals surface area (Å²) in [5.41, 5.74) is 6.72. The number of amides is 1. The molecular formula is C16H15ClN2OS. The van der Waals surface area contributed by atoms with E-state index in [0.717, 1.165) is 15.3 Å². The number of rotatable bonds is 3. The monoisotopic (exact) mass is 318 g/mol. The fraction of sp³-hybridized carbons (Fsp3) is 0.188. The second kappa shape index (κ2) is 7.28. The van der Waals surface area contributed by atoms with Crippen molar-refractivity contribution in [2.45, 2.75) is 13.5 Å². The van der Waals surface area contributed by atoms with Crippen molar-refractivity contribution in [2.75, 3.05) is 6.54 Å². The molecule has 0 aliphatic heterocycles. The first-order valence-electron chi connectivity index (χ1n) is 6.42. The number of nitrogens with one attached hydrogen (secondary N) is 1. The van der Waals surface area contributed by atoms with Gasteiger partial charge >= 0.3 is 0 Å². The lowest BCUT2D eigenvalue weighted by atomic mass is 10.1. The molecule has 3 N–H and O–H groups in total. The average molecular weight is 319 g/mol. The fourth-order valence-corrected chi connectivity index (χ4v) is 2.80. The zero-order chi connectivity index (χ0) is 15.2. The van der Waals surface area contributed by atoms with Gasteiger partial charge in [0.1, 0.15) is 0 Å². The Morgan fingerprint density at radius 2 is 2.19 bits per heavy atom. The maximum Gasteiger partial charge on any atom is 0.253 e. The second-order valence-electron chi connectivity index (χ2n) is 4.39. The highest BCUT2D eigenvalue weighted by molar-refractivity contribution is 7.12. The zero-order valence-electron chi connectivity index (χ0n) is 11.6. The summed E-state index contributed by atoms with van der Waals surface area (Å²) in [5.74, 6) is 5.60. The van der Waals surface area contributed by atoms with Crippen molar-refractivity contribution >= 4 is 28.8 Å². The van der Waals surface area contributed by atoms with Crippen LogP contribution in [0.25, 0.3) is 0 Å². The van der Waals surface area contributed by atoms with Gasteiger partial charge < -0.3 is 11.1 Å². The lowest BCUT2D eigenvalue weighted by Crippen LogP contribution is -2.22. The minimum atomic E-state index is -0.174. The van der Waals surface area contributed by atoms with Crippen LogP contribution in [-0.4, -0.2) is 12.5 Å². The van der Waals surface area contributed by atoms with Gasteiger partial charge in [0.25, 0.3) is 5.91 Å². The van der Waals surface area contributed by atoms with E-state index < -0.39 is 0 Å². The van der Waals surface area contributed by atoms with Crippen molar-refractivity contribution < 1.29 is 4.79 Å². The van der Waals surface area contributed by atoms with Gasteiger partial charge in [-0.25, -0.2) is 0 Å². The SMILES string of the molecule is Cc1cccc(C(=O)NCc2ccc(C#CCN)s2)c1Cl. The summed E-state index contributed by atoms with van der Waals surface area (Å²) in [6.45, 7) is 2.68. The van der Waals surface area contributed by atoms with Crippen LogP contribution in [0.5, 0.6) is 0 Å². The van der Waals surface area contributed by atoms with Crippen molar-refractivity contribution in [3.05, 3.63) is 56.2 Å². The van der Waals surface area contributed by atoms with E-state index in [0.29, 0.717) is 23.7 Å². The Bertz CT molecular complexity index is 713. The molecule has 1 aromatic heterocycles. The predicted octanol–water partition coefficient (Wildman–Crippen LogP) is 2.95. The number of thiophene rings is 1. The van der Waals surface area contributed by atoms with Crippen LogP contribution >= 0.6 is 22.9 Å². The third kappa shape index (κ3) is 4.08. The molecule has 0 unspecified atom stereocenters. The van der Waals surface area contributed by atoms with Gasteiger partial charge in [-0.3, -0.25) is 4.79 Å². The van der Waals surface area contributed by atoms with E-state index in [9.17, 15) is 4.79 Å². The van der Waals surface area contributed by atoms with Crippen LogP contribution in [0.1, 0.15) is 25.7 Å². The molecule has 21 heavy (non-hydrogen) atoms. The summed E-state index contributed by atoms with van der Waals surface area (Å²) >= 11 is 7.68. The number of hydrogen-bond donors (Lipinski definition) is 2. The van der Waals surface area contributed by atoms with Gasteiger partial charge in [-0.05, 0) is 30.7 Å². The van der Waals surface area contributed by atoms with E-state index in [-0.39, 0.29) is 5.91 Å². The average Bonchev–Trinajstić information content (AvgIpc) is 2.93. The van der Waals surface area contributed by atoms with Crippen LogP contribution in [0.2, 0.25) is 5.02 Å². The zero-order valence-corrected chi connectivity index (χ0v) is 13.1. The fourth-order valence-electron chi connectivity index (χ4n) is 1.76. The highest BCUT2D eigenvalue weighted by Crippen LogP contribution is 2.20. The van der Waals surface area contributed by atoms with E-state index in [4.69, 9.17) is 17.3 Å². The van der Waals surface area contributed by atoms with E-state index >= 15 is 0 Å². The molecule has 0 bridgehead atoms. The van der Waals surface area contributed by atoms with Crippen LogP contribution < -0.4 is 11.1 Å². The van der Waals surface area contributed by atoms with Gasteiger partial charge in [0, 0.05) is 4.88 Å². The van der Waals surface area contributed by atoms with Crippen LogP contribution in [0.4, 0.5) is 0 Å². The van der Waals surface area contributed by atoms with Gasteiger partial charge in [-0.2, -0.15) is 0 Å². The summed E-state index contributed by atoms with van der Waals surface area (Å²) in [5, 5.41) is 3.36. The number of carbonyl (C=O) groups is 1. The molecule has 1 amide bonds. The first kappa shape index (κ1) is 15.6. The predicted molar refractivity (Wildman–Crippen MR) is 87.6 cm³/mol. The van der Waals surface area contributed by atoms with Crippen LogP contribution in [-0.2, 0) is 6.54 Å². The number of nitrogens with two attached hydrogens (primary N) is 1. The smallest absolute Gasteiger partial charge is 0.253 e. The Balaban J connectivity index is 2.01. The maximum absolute atomic E-state index is 12.1. The lowest BCUT2D eigenvalue weighted by molar-refractivity contribution is 0.0951. The van der Waals surface area contributed by atoms with Crippen molar-refractivity contribution in [3.63, 3.8) is 0 Å². The van der Waals surface area contributed by atoms with Gasteiger partial charge in [-0.15, -0.1) is 11.3 Å². The normalized spacial score (nSPS) is 9.86. The Morgan fingerprint density at radius 3 is 2.95 bits per heavy atom. The number of halogens is 1. The van der Waals surface area contributed by atoms with Crippen LogP contribution in [0, 0.1) is 18.8 Å². The van der Waals surface area contributed by atoms with Crippen LogP contribution in [0.3, 0.4) is 0 Å². The molecule has 0 fully saturated rings. The van der Waals surface area contributed by atoms with Crippen LogP contribution in [0.15, 0.2) is 30.3 Å². The highest BCUT2D eigenvalue weighted by Gasteiger charge is 2.11. The molecule has 1 heterocycles. The summed E-state index contributed by atoms with van der Waals surface area (Å²) in [6, 6.07) is 9.29. The molecule has 0 saturated carbocycles. The third-order valence-corrected chi connectivity index (χ3v) is 4.34. The molecule has 2 rings (SSSR count). The first-order chi connectivity index (χ1) is 10.1. The molecule has 0 spiro atoms. The second-order valence-corrected chi connectivity index (χ2v) is 5.94. The van der Waals surface area contributed by atoms with Crippen molar-refractivity contribution in [3.8, 4) is 11.8 Å². The van der Waals surface area contributed by atoms with Crippen molar-refractivity contribution in [1.82, 2.24) is 5.32 Å². The third-order valence-electron chi connectivity index (χ3n) is 2.83. The van der Waals surface area contributed by atoms with E-state index in [1.165, 1.54) is 0 Å². The van der Waals surface area contributed by atoms with Gasteiger partial charge in [0.05, 0.1) is 28.6 Å². The maximum atomic E-state index is 12.1. The number of carbonyl (C=O) groups excluding carboxylic acids is 1. The van der Waals surface area contributed by atoms with E-state index in [1.54, 1.807) is 17.4 Å². The minimum Gasteiger partial charge on any atom is -0.347 e. The molecule has 0 aliphatic carbocycles. The van der Waals surface area contributed by atoms with Crippen molar-refractivity contribution in [1.29, 1.82) is 0 Å². The Hall–Kier alpha value is -1.80. The molecular weight excluding hydrogens is 304 g/mol. The van der Waals surface area contributed by atoms with E-state index in [2.05, 4.69) is 17.2 Å². The van der Waals surface area contributed by atoms with Crippen molar-refractivity contribution in [2.24, 2.45) is 5.73 Å². The van der Waals surface area contributed by atoms with Gasteiger partial charge in [-0.1, -0.05) is 35.6 Å². The Morgan fingerprint density at radius 1 is 1.38 bits per heavy atom. The molecule has 0 atom stereocenters. The summed E-state index contributed by atoms with van der Waals surface area (Å²) in [4.78, 5) is 14.1. The molecule has 5 heteroatoms. The standard InChI is InChI=1S/C16H15ClN2OS/c1-11-4-2-6-14(15(11)17)16(20)19-10-13-8-7-12(21-13)5-3-9-18/h2,4,6-8H,9-10,18H2,1H3,(H,19,20). The molecule has 0 radical (unpaired) electrons. The van der Waals surface area contributed by atoms with E-state index in [1.807, 2.05) is 31.2 Å². The topological polar surface area (TPSA) is 55.1 Å². The molecule has 1 aromatic carbocycles. The molecule has 108 valence electrons. The summed E-state index contributed by atoms with van der Waals surface area (Å²) in [6.07, 6.45) is 0. The van der Waals surface area contributed by atoms with Gasteiger partial charge in [0.2, 0.25) is 0 Å². The van der Waals surface area contributed by atoms with Gasteiger partial charge in [0.15, 0.2) is 0 Å². The lowest BCUT2D eigenvalue weighted by Gasteiger charge is -2.07. The molecule has 0 saturated heterocycles. The Kier molecular flexibility index (Phi) is 5.40. The number of benzene rings is 1. The highest BCUT2D eigenvalue weighted by atomic mass is 35.5. The Labute approximate surface area is 133 Å². The summed E-state index contributed by atoms with van der Waals surface area (Å²) in [7, 11) is 0. The molecule has 3 nitrogen and oxygen atoms in total. The number of aryl methyl sites for hydroxylation is 1. The minimum absolute atomic E-state index is 0.174.